The van der Waals surface area contributed by atoms with E-state index in [2.05, 4.69) is 10.2 Å². The van der Waals surface area contributed by atoms with Gasteiger partial charge in [0.1, 0.15) is 12.7 Å². The van der Waals surface area contributed by atoms with Gasteiger partial charge in [0.25, 0.3) is 0 Å². The monoisotopic (exact) mass is 199 g/mol. The minimum absolute atomic E-state index is 0.103. The van der Waals surface area contributed by atoms with Crippen molar-refractivity contribution in [1.82, 2.24) is 10.2 Å². The Balaban J connectivity index is 2.01. The zero-order valence-corrected chi connectivity index (χ0v) is 7.72. The molecule has 0 bridgehead atoms. The smallest absolute Gasteiger partial charge is 0.245 e. The number of ether oxygens (including phenoxy) is 1. The van der Waals surface area contributed by atoms with Crippen LogP contribution >= 0.6 is 0 Å². The molecule has 0 aliphatic carbocycles. The molecule has 2 atom stereocenters. The Labute approximate surface area is 81.1 Å². The highest BCUT2D eigenvalue weighted by atomic mass is 16.5. The van der Waals surface area contributed by atoms with Crippen molar-refractivity contribution < 1.29 is 14.3 Å². The summed E-state index contributed by atoms with van der Waals surface area (Å²) in [4.78, 5) is 0. The third-order valence-corrected chi connectivity index (χ3v) is 2.20. The van der Waals surface area contributed by atoms with Gasteiger partial charge in [0, 0.05) is 6.04 Å². The summed E-state index contributed by atoms with van der Waals surface area (Å²) in [6, 6.07) is 0.103. The molecule has 0 spiro atoms. The molecule has 1 aromatic rings. The van der Waals surface area contributed by atoms with E-state index in [0.717, 1.165) is 12.8 Å². The lowest BCUT2D eigenvalue weighted by atomic mass is 10.1. The summed E-state index contributed by atoms with van der Waals surface area (Å²) in [6.07, 6.45) is 1.51. The van der Waals surface area contributed by atoms with Crippen LogP contribution in [0.1, 0.15) is 30.7 Å². The second-order valence-corrected chi connectivity index (χ2v) is 3.35. The van der Waals surface area contributed by atoms with Gasteiger partial charge in [0.05, 0.1) is 6.61 Å². The number of rotatable bonds is 2. The van der Waals surface area contributed by atoms with Gasteiger partial charge in [-0.2, -0.15) is 0 Å². The van der Waals surface area contributed by atoms with Gasteiger partial charge in [-0.15, -0.1) is 10.2 Å². The van der Waals surface area contributed by atoms with Gasteiger partial charge in [-0.1, -0.05) is 0 Å². The van der Waals surface area contributed by atoms with E-state index in [-0.39, 0.29) is 24.6 Å². The topological polar surface area (TPSA) is 94.4 Å². The zero-order chi connectivity index (χ0) is 9.97. The van der Waals surface area contributed by atoms with Crippen molar-refractivity contribution in [2.24, 2.45) is 5.73 Å². The predicted octanol–water partition coefficient (Wildman–Crippen LogP) is -0.259. The van der Waals surface area contributed by atoms with Crippen molar-refractivity contribution in [3.05, 3.63) is 11.8 Å². The van der Waals surface area contributed by atoms with Crippen LogP contribution in [0.15, 0.2) is 4.42 Å². The van der Waals surface area contributed by atoms with E-state index in [1.54, 1.807) is 0 Å². The molecule has 2 heterocycles. The number of nitrogens with zero attached hydrogens (tertiary/aromatic N) is 2. The maximum atomic E-state index is 8.73. The van der Waals surface area contributed by atoms with Crippen molar-refractivity contribution in [1.29, 1.82) is 0 Å². The molecule has 0 unspecified atom stereocenters. The lowest BCUT2D eigenvalue weighted by molar-refractivity contribution is -0.0124. The first-order chi connectivity index (χ1) is 6.79. The quantitative estimate of drug-likeness (QED) is 0.681. The van der Waals surface area contributed by atoms with Crippen LogP contribution in [0.2, 0.25) is 0 Å². The Morgan fingerprint density at radius 1 is 1.43 bits per heavy atom. The van der Waals surface area contributed by atoms with E-state index in [9.17, 15) is 0 Å². The molecule has 0 saturated carbocycles. The van der Waals surface area contributed by atoms with Crippen LogP contribution in [0.4, 0.5) is 0 Å². The van der Waals surface area contributed by atoms with E-state index in [0.29, 0.717) is 12.5 Å². The Hall–Kier alpha value is -0.980. The molecule has 1 saturated heterocycles. The van der Waals surface area contributed by atoms with Gasteiger partial charge < -0.3 is 20.0 Å². The molecule has 1 aliphatic heterocycles. The first-order valence-corrected chi connectivity index (χ1v) is 4.60. The first-order valence-electron chi connectivity index (χ1n) is 4.60. The molecule has 6 heteroatoms. The summed E-state index contributed by atoms with van der Waals surface area (Å²) in [7, 11) is 0. The van der Waals surface area contributed by atoms with Gasteiger partial charge in [0.15, 0.2) is 0 Å². The molecule has 2 rings (SSSR count). The van der Waals surface area contributed by atoms with E-state index in [1.165, 1.54) is 0 Å². The van der Waals surface area contributed by atoms with Crippen LogP contribution in [0.3, 0.4) is 0 Å². The van der Waals surface area contributed by atoms with E-state index < -0.39 is 0 Å². The minimum Gasteiger partial charge on any atom is -0.420 e. The minimum atomic E-state index is -0.237. The molecule has 6 nitrogen and oxygen atoms in total. The summed E-state index contributed by atoms with van der Waals surface area (Å²) in [5.74, 6) is 0.652. The second kappa shape index (κ2) is 4.04. The van der Waals surface area contributed by atoms with Gasteiger partial charge >= 0.3 is 0 Å². The zero-order valence-electron chi connectivity index (χ0n) is 7.72. The number of aromatic nitrogens is 2. The summed E-state index contributed by atoms with van der Waals surface area (Å²) in [5, 5.41) is 16.2. The number of hydrogen-bond acceptors (Lipinski definition) is 6. The Morgan fingerprint density at radius 3 is 2.86 bits per heavy atom. The predicted molar refractivity (Wildman–Crippen MR) is 46.1 cm³/mol. The Morgan fingerprint density at radius 2 is 2.29 bits per heavy atom. The summed E-state index contributed by atoms with van der Waals surface area (Å²) in [6.45, 7) is 0.279. The summed E-state index contributed by atoms with van der Waals surface area (Å²) >= 11 is 0. The van der Waals surface area contributed by atoms with Crippen LogP contribution in [0, 0.1) is 0 Å². The fraction of sp³-hybridized carbons (Fsp3) is 0.750. The van der Waals surface area contributed by atoms with Crippen LogP contribution in [0.5, 0.6) is 0 Å². The molecule has 0 amide bonds. The number of hydrogen-bond donors (Lipinski definition) is 2. The lowest BCUT2D eigenvalue weighted by Crippen LogP contribution is -2.32. The van der Waals surface area contributed by atoms with E-state index in [1.807, 2.05) is 0 Å². The van der Waals surface area contributed by atoms with Gasteiger partial charge in [-0.05, 0) is 12.8 Å². The number of aliphatic hydroxyl groups is 1. The van der Waals surface area contributed by atoms with Crippen molar-refractivity contribution >= 4 is 0 Å². The second-order valence-electron chi connectivity index (χ2n) is 3.35. The van der Waals surface area contributed by atoms with Crippen molar-refractivity contribution in [2.45, 2.75) is 31.6 Å². The van der Waals surface area contributed by atoms with Crippen LogP contribution in [-0.2, 0) is 11.3 Å². The Kier molecular flexibility index (Phi) is 2.76. The maximum absolute atomic E-state index is 8.73. The SMILES string of the molecule is N[C@@H]1CC[C@@H](c2nnc(CO)o2)OC1. The van der Waals surface area contributed by atoms with Gasteiger partial charge in [-0.25, -0.2) is 0 Å². The van der Waals surface area contributed by atoms with Crippen LogP contribution < -0.4 is 5.73 Å². The van der Waals surface area contributed by atoms with Crippen molar-refractivity contribution in [3.8, 4) is 0 Å². The fourth-order valence-corrected chi connectivity index (χ4v) is 1.43. The highest BCUT2D eigenvalue weighted by Gasteiger charge is 2.25. The summed E-state index contributed by atoms with van der Waals surface area (Å²) < 4.78 is 10.6. The van der Waals surface area contributed by atoms with Crippen molar-refractivity contribution in [2.75, 3.05) is 6.61 Å². The molecule has 78 valence electrons. The van der Waals surface area contributed by atoms with Crippen LogP contribution in [-0.4, -0.2) is 28.0 Å². The molecule has 14 heavy (non-hydrogen) atoms. The number of nitrogens with two attached hydrogens (primary N) is 1. The number of aliphatic hydroxyl groups excluding tert-OH is 1. The van der Waals surface area contributed by atoms with Crippen molar-refractivity contribution in [3.63, 3.8) is 0 Å². The average Bonchev–Trinajstić information content (AvgIpc) is 2.67. The average molecular weight is 199 g/mol. The molecular weight excluding hydrogens is 186 g/mol. The Bertz CT molecular complexity index is 294. The van der Waals surface area contributed by atoms with Gasteiger partial charge in [0.2, 0.25) is 11.8 Å². The fourth-order valence-electron chi connectivity index (χ4n) is 1.43. The normalized spacial score (nSPS) is 27.9. The molecule has 0 radical (unpaired) electrons. The molecular formula is C8H13N3O3. The lowest BCUT2D eigenvalue weighted by Gasteiger charge is -2.23. The maximum Gasteiger partial charge on any atom is 0.245 e. The first kappa shape index (κ1) is 9.57. The third kappa shape index (κ3) is 1.92. The molecule has 1 aliphatic rings. The largest absolute Gasteiger partial charge is 0.420 e. The third-order valence-electron chi connectivity index (χ3n) is 2.20. The molecule has 1 fully saturated rings. The highest BCUT2D eigenvalue weighted by Crippen LogP contribution is 2.26. The molecule has 1 aromatic heterocycles. The van der Waals surface area contributed by atoms with E-state index in [4.69, 9.17) is 20.0 Å². The molecule has 3 N–H and O–H groups in total. The summed E-state index contributed by atoms with van der Waals surface area (Å²) in [5.41, 5.74) is 5.67. The van der Waals surface area contributed by atoms with Gasteiger partial charge in [-0.3, -0.25) is 0 Å². The standard InChI is InChI=1S/C8H13N3O3/c9-5-1-2-6(13-4-5)8-11-10-7(3-12)14-8/h5-6,12H,1-4,9H2/t5-,6+/m1/s1. The molecule has 0 aromatic carbocycles. The highest BCUT2D eigenvalue weighted by molar-refractivity contribution is 4.88. The van der Waals surface area contributed by atoms with E-state index >= 15 is 0 Å². The van der Waals surface area contributed by atoms with Crippen LogP contribution in [0.25, 0.3) is 0 Å².